The Morgan fingerprint density at radius 2 is 2.00 bits per heavy atom. The molecule has 2 nitrogen and oxygen atoms in total. The first-order valence-corrected chi connectivity index (χ1v) is 6.76. The molecule has 0 radical (unpaired) electrons. The lowest BCUT2D eigenvalue weighted by Crippen LogP contribution is -2.29. The summed E-state index contributed by atoms with van der Waals surface area (Å²) in [6.07, 6.45) is 5.79. The standard InChI is InChI=1S/C15H24N2/c1-10-4-6-13(8-11(10)2)15(16)14-7-5-12(3)17-9-14/h5,7,9-11,13,15H,4,6,8,16H2,1-3H3. The number of rotatable bonds is 2. The molecule has 94 valence electrons. The van der Waals surface area contributed by atoms with Gasteiger partial charge in [-0.2, -0.15) is 0 Å². The van der Waals surface area contributed by atoms with Crippen LogP contribution in [0.4, 0.5) is 0 Å². The summed E-state index contributed by atoms with van der Waals surface area (Å²) >= 11 is 0. The lowest BCUT2D eigenvalue weighted by Gasteiger charge is -2.35. The molecular formula is C15H24N2. The van der Waals surface area contributed by atoms with Gasteiger partial charge < -0.3 is 5.73 Å². The van der Waals surface area contributed by atoms with Gasteiger partial charge >= 0.3 is 0 Å². The lowest BCUT2D eigenvalue weighted by atomic mass is 9.72. The van der Waals surface area contributed by atoms with Crippen LogP contribution in [0.25, 0.3) is 0 Å². The van der Waals surface area contributed by atoms with E-state index in [2.05, 4.69) is 31.0 Å². The minimum absolute atomic E-state index is 0.165. The molecule has 2 heteroatoms. The Morgan fingerprint density at radius 3 is 2.59 bits per heavy atom. The van der Waals surface area contributed by atoms with Crippen molar-refractivity contribution in [2.24, 2.45) is 23.5 Å². The summed E-state index contributed by atoms with van der Waals surface area (Å²) in [4.78, 5) is 4.35. The van der Waals surface area contributed by atoms with Crippen molar-refractivity contribution in [3.63, 3.8) is 0 Å². The van der Waals surface area contributed by atoms with Crippen LogP contribution in [0.1, 0.15) is 50.4 Å². The van der Waals surface area contributed by atoms with Gasteiger partial charge in [0.15, 0.2) is 0 Å². The molecule has 4 unspecified atom stereocenters. The first-order valence-electron chi connectivity index (χ1n) is 6.76. The van der Waals surface area contributed by atoms with Gasteiger partial charge in [-0.25, -0.2) is 0 Å². The molecule has 0 aliphatic heterocycles. The van der Waals surface area contributed by atoms with Crippen LogP contribution < -0.4 is 5.73 Å². The minimum atomic E-state index is 0.165. The van der Waals surface area contributed by atoms with Gasteiger partial charge in [-0.05, 0) is 49.1 Å². The second-order valence-corrected chi connectivity index (χ2v) is 5.79. The first-order chi connectivity index (χ1) is 8.08. The number of pyridine rings is 1. The molecule has 0 amide bonds. The summed E-state index contributed by atoms with van der Waals surface area (Å²) in [5.41, 5.74) is 8.65. The van der Waals surface area contributed by atoms with Gasteiger partial charge in [-0.1, -0.05) is 26.3 Å². The molecule has 2 rings (SSSR count). The van der Waals surface area contributed by atoms with Gasteiger partial charge in [0.2, 0.25) is 0 Å². The first kappa shape index (κ1) is 12.6. The van der Waals surface area contributed by atoms with Crippen molar-refractivity contribution in [2.45, 2.75) is 46.1 Å². The Labute approximate surface area is 105 Å². The minimum Gasteiger partial charge on any atom is -0.324 e. The maximum Gasteiger partial charge on any atom is 0.0372 e. The molecule has 0 saturated heterocycles. The average Bonchev–Trinajstić information content (AvgIpc) is 2.33. The molecule has 1 fully saturated rings. The van der Waals surface area contributed by atoms with Gasteiger partial charge in [-0.15, -0.1) is 0 Å². The van der Waals surface area contributed by atoms with E-state index in [0.29, 0.717) is 5.92 Å². The summed E-state index contributed by atoms with van der Waals surface area (Å²) in [6.45, 7) is 6.73. The van der Waals surface area contributed by atoms with E-state index in [-0.39, 0.29) is 6.04 Å². The van der Waals surface area contributed by atoms with Crippen molar-refractivity contribution < 1.29 is 0 Å². The molecule has 17 heavy (non-hydrogen) atoms. The van der Waals surface area contributed by atoms with Crippen LogP contribution in [-0.4, -0.2) is 4.98 Å². The SMILES string of the molecule is Cc1ccc(C(N)C2CCC(C)C(C)C2)cn1. The third-order valence-electron chi connectivity index (χ3n) is 4.47. The van der Waals surface area contributed by atoms with E-state index >= 15 is 0 Å². The van der Waals surface area contributed by atoms with Gasteiger partial charge in [0.1, 0.15) is 0 Å². The highest BCUT2D eigenvalue weighted by atomic mass is 14.7. The van der Waals surface area contributed by atoms with Crippen LogP contribution in [0.2, 0.25) is 0 Å². The highest BCUT2D eigenvalue weighted by Gasteiger charge is 2.29. The largest absolute Gasteiger partial charge is 0.324 e. The maximum atomic E-state index is 6.39. The fraction of sp³-hybridized carbons (Fsp3) is 0.667. The molecule has 1 aromatic heterocycles. The third-order valence-corrected chi connectivity index (χ3v) is 4.47. The summed E-state index contributed by atoms with van der Waals surface area (Å²) in [7, 11) is 0. The fourth-order valence-electron chi connectivity index (χ4n) is 2.86. The number of hydrogen-bond acceptors (Lipinski definition) is 2. The predicted octanol–water partition coefficient (Wildman–Crippen LogP) is 3.46. The molecule has 1 aromatic rings. The van der Waals surface area contributed by atoms with Crippen molar-refractivity contribution >= 4 is 0 Å². The molecule has 2 N–H and O–H groups in total. The third kappa shape index (κ3) is 2.86. The molecule has 4 atom stereocenters. The quantitative estimate of drug-likeness (QED) is 0.848. The number of nitrogens with zero attached hydrogens (tertiary/aromatic N) is 1. The Morgan fingerprint density at radius 1 is 1.24 bits per heavy atom. The van der Waals surface area contributed by atoms with Gasteiger partial charge in [0.05, 0.1) is 0 Å². The number of nitrogens with two attached hydrogens (primary N) is 1. The molecule has 1 heterocycles. The molecule has 0 aromatic carbocycles. The summed E-state index contributed by atoms with van der Waals surface area (Å²) in [5.74, 6) is 2.29. The lowest BCUT2D eigenvalue weighted by molar-refractivity contribution is 0.186. The van der Waals surface area contributed by atoms with E-state index < -0.39 is 0 Å². The van der Waals surface area contributed by atoms with E-state index in [4.69, 9.17) is 5.73 Å². The van der Waals surface area contributed by atoms with Gasteiger partial charge in [-0.3, -0.25) is 4.98 Å². The van der Waals surface area contributed by atoms with Crippen molar-refractivity contribution in [3.05, 3.63) is 29.6 Å². The van der Waals surface area contributed by atoms with Crippen molar-refractivity contribution in [3.8, 4) is 0 Å². The summed E-state index contributed by atoms with van der Waals surface area (Å²) in [5, 5.41) is 0. The number of aromatic nitrogens is 1. The average molecular weight is 232 g/mol. The zero-order chi connectivity index (χ0) is 12.4. The molecule has 0 bridgehead atoms. The molecule has 1 saturated carbocycles. The predicted molar refractivity (Wildman–Crippen MR) is 71.6 cm³/mol. The van der Waals surface area contributed by atoms with Crippen LogP contribution in [0.5, 0.6) is 0 Å². The van der Waals surface area contributed by atoms with Crippen molar-refractivity contribution in [2.75, 3.05) is 0 Å². The van der Waals surface area contributed by atoms with Gasteiger partial charge in [0.25, 0.3) is 0 Å². The van der Waals surface area contributed by atoms with Crippen LogP contribution in [0.15, 0.2) is 18.3 Å². The normalized spacial score (nSPS) is 31.2. The topological polar surface area (TPSA) is 38.9 Å². The summed E-state index contributed by atoms with van der Waals surface area (Å²) < 4.78 is 0. The maximum absolute atomic E-state index is 6.39. The second kappa shape index (κ2) is 5.18. The van der Waals surface area contributed by atoms with E-state index in [0.717, 1.165) is 17.5 Å². The smallest absolute Gasteiger partial charge is 0.0372 e. The fourth-order valence-corrected chi connectivity index (χ4v) is 2.86. The van der Waals surface area contributed by atoms with E-state index in [9.17, 15) is 0 Å². The Kier molecular flexibility index (Phi) is 3.82. The summed E-state index contributed by atoms with van der Waals surface area (Å²) in [6, 6.07) is 4.36. The molecule has 1 aliphatic rings. The number of aryl methyl sites for hydroxylation is 1. The molecular weight excluding hydrogens is 208 g/mol. The number of hydrogen-bond donors (Lipinski definition) is 1. The van der Waals surface area contributed by atoms with Crippen molar-refractivity contribution in [1.29, 1.82) is 0 Å². The zero-order valence-corrected chi connectivity index (χ0v) is 11.2. The second-order valence-electron chi connectivity index (χ2n) is 5.79. The Bertz CT molecular complexity index is 358. The van der Waals surface area contributed by atoms with Gasteiger partial charge in [0, 0.05) is 17.9 Å². The van der Waals surface area contributed by atoms with Crippen LogP contribution in [0.3, 0.4) is 0 Å². The van der Waals surface area contributed by atoms with Crippen molar-refractivity contribution in [1.82, 2.24) is 4.98 Å². The van der Waals surface area contributed by atoms with E-state index in [1.54, 1.807) is 0 Å². The molecule has 0 spiro atoms. The Balaban J connectivity index is 2.05. The Hall–Kier alpha value is -0.890. The zero-order valence-electron chi connectivity index (χ0n) is 11.2. The van der Waals surface area contributed by atoms with Crippen LogP contribution in [0, 0.1) is 24.7 Å². The molecule has 1 aliphatic carbocycles. The van der Waals surface area contributed by atoms with E-state index in [1.165, 1.54) is 24.8 Å². The van der Waals surface area contributed by atoms with Crippen LogP contribution >= 0.6 is 0 Å². The highest BCUT2D eigenvalue weighted by molar-refractivity contribution is 5.17. The highest BCUT2D eigenvalue weighted by Crippen LogP contribution is 2.38. The van der Waals surface area contributed by atoms with E-state index in [1.807, 2.05) is 13.1 Å². The monoisotopic (exact) mass is 232 g/mol. The van der Waals surface area contributed by atoms with Crippen LogP contribution in [-0.2, 0) is 0 Å².